The van der Waals surface area contributed by atoms with Crippen molar-refractivity contribution in [3.05, 3.63) is 29.3 Å². The number of benzene rings is 1. The van der Waals surface area contributed by atoms with Crippen LogP contribution < -0.4 is 5.73 Å². The second-order valence-corrected chi connectivity index (χ2v) is 4.55. The SMILES string of the molecule is Cc1ccc(N)cc1C(=O)N1CCC[C@H]1CO. The van der Waals surface area contributed by atoms with E-state index in [0.29, 0.717) is 11.3 Å². The van der Waals surface area contributed by atoms with Crippen molar-refractivity contribution >= 4 is 11.6 Å². The number of hydrogen-bond acceptors (Lipinski definition) is 3. The van der Waals surface area contributed by atoms with Crippen molar-refractivity contribution in [3.63, 3.8) is 0 Å². The first-order valence-electron chi connectivity index (χ1n) is 5.91. The van der Waals surface area contributed by atoms with Crippen LogP contribution in [-0.2, 0) is 0 Å². The molecule has 0 radical (unpaired) electrons. The minimum absolute atomic E-state index is 0.0219. The van der Waals surface area contributed by atoms with E-state index in [4.69, 9.17) is 5.73 Å². The summed E-state index contributed by atoms with van der Waals surface area (Å²) in [4.78, 5) is 14.1. The molecule has 1 aromatic carbocycles. The van der Waals surface area contributed by atoms with Gasteiger partial charge in [-0.25, -0.2) is 0 Å². The molecule has 1 saturated heterocycles. The van der Waals surface area contributed by atoms with Crippen molar-refractivity contribution in [1.82, 2.24) is 4.90 Å². The molecule has 2 rings (SSSR count). The summed E-state index contributed by atoms with van der Waals surface area (Å²) in [6.07, 6.45) is 1.84. The maximum absolute atomic E-state index is 12.3. The molecule has 1 atom stereocenters. The maximum atomic E-state index is 12.3. The lowest BCUT2D eigenvalue weighted by Crippen LogP contribution is -2.37. The largest absolute Gasteiger partial charge is 0.399 e. The molecule has 1 amide bonds. The van der Waals surface area contributed by atoms with Crippen LogP contribution in [0.25, 0.3) is 0 Å². The van der Waals surface area contributed by atoms with Crippen LogP contribution in [0.5, 0.6) is 0 Å². The summed E-state index contributed by atoms with van der Waals surface area (Å²) in [6.45, 7) is 2.65. The van der Waals surface area contributed by atoms with Gasteiger partial charge in [0.25, 0.3) is 5.91 Å². The van der Waals surface area contributed by atoms with Crippen LogP contribution in [-0.4, -0.2) is 35.1 Å². The number of nitrogens with zero attached hydrogens (tertiary/aromatic N) is 1. The Morgan fingerprint density at radius 2 is 2.35 bits per heavy atom. The smallest absolute Gasteiger partial charge is 0.254 e. The van der Waals surface area contributed by atoms with Crippen molar-refractivity contribution in [3.8, 4) is 0 Å². The van der Waals surface area contributed by atoms with Gasteiger partial charge in [-0.2, -0.15) is 0 Å². The van der Waals surface area contributed by atoms with E-state index >= 15 is 0 Å². The number of anilines is 1. The number of aryl methyl sites for hydroxylation is 1. The normalized spacial score (nSPS) is 19.6. The van der Waals surface area contributed by atoms with Crippen molar-refractivity contribution in [2.24, 2.45) is 0 Å². The third kappa shape index (κ3) is 2.26. The van der Waals surface area contributed by atoms with E-state index in [1.807, 2.05) is 13.0 Å². The fourth-order valence-electron chi connectivity index (χ4n) is 2.32. The van der Waals surface area contributed by atoms with E-state index in [0.717, 1.165) is 24.9 Å². The molecular formula is C13H18N2O2. The Morgan fingerprint density at radius 1 is 1.59 bits per heavy atom. The van der Waals surface area contributed by atoms with Crippen LogP contribution in [0.1, 0.15) is 28.8 Å². The van der Waals surface area contributed by atoms with Gasteiger partial charge in [-0.3, -0.25) is 4.79 Å². The number of carbonyl (C=O) groups excluding carboxylic acids is 1. The van der Waals surface area contributed by atoms with Gasteiger partial charge in [-0.1, -0.05) is 6.07 Å². The molecule has 0 saturated carbocycles. The van der Waals surface area contributed by atoms with E-state index in [2.05, 4.69) is 0 Å². The number of likely N-dealkylation sites (tertiary alicyclic amines) is 1. The van der Waals surface area contributed by atoms with Crippen LogP contribution in [0.2, 0.25) is 0 Å². The van der Waals surface area contributed by atoms with Crippen molar-refractivity contribution in [2.45, 2.75) is 25.8 Å². The van der Waals surface area contributed by atoms with Gasteiger partial charge in [0.05, 0.1) is 12.6 Å². The Morgan fingerprint density at radius 3 is 3.06 bits per heavy atom. The van der Waals surface area contributed by atoms with Crippen LogP contribution in [0.15, 0.2) is 18.2 Å². The van der Waals surface area contributed by atoms with Crippen molar-refractivity contribution in [2.75, 3.05) is 18.9 Å². The molecule has 0 spiro atoms. The summed E-state index contributed by atoms with van der Waals surface area (Å²) in [7, 11) is 0. The fraction of sp³-hybridized carbons (Fsp3) is 0.462. The van der Waals surface area contributed by atoms with Crippen LogP contribution in [0, 0.1) is 6.92 Å². The number of nitrogen functional groups attached to an aromatic ring is 1. The quantitative estimate of drug-likeness (QED) is 0.755. The molecule has 1 aromatic rings. The van der Waals surface area contributed by atoms with Gasteiger partial charge in [0.15, 0.2) is 0 Å². The molecule has 17 heavy (non-hydrogen) atoms. The van der Waals surface area contributed by atoms with E-state index in [1.54, 1.807) is 17.0 Å². The topological polar surface area (TPSA) is 66.6 Å². The third-order valence-electron chi connectivity index (χ3n) is 3.34. The van der Waals surface area contributed by atoms with Gasteiger partial charge >= 0.3 is 0 Å². The highest BCUT2D eigenvalue weighted by Crippen LogP contribution is 2.22. The average molecular weight is 234 g/mol. The molecular weight excluding hydrogens is 216 g/mol. The molecule has 4 nitrogen and oxygen atoms in total. The fourth-order valence-corrected chi connectivity index (χ4v) is 2.32. The minimum atomic E-state index is -0.0386. The second-order valence-electron chi connectivity index (χ2n) is 4.55. The Balaban J connectivity index is 2.27. The average Bonchev–Trinajstić information content (AvgIpc) is 2.79. The standard InChI is InChI=1S/C13H18N2O2/c1-9-4-5-10(14)7-12(9)13(17)15-6-2-3-11(15)8-16/h4-5,7,11,16H,2-3,6,8,14H2,1H3/t11-/m0/s1. The summed E-state index contributed by atoms with van der Waals surface area (Å²) in [5.41, 5.74) is 7.87. The Labute approximate surface area is 101 Å². The van der Waals surface area contributed by atoms with E-state index in [1.165, 1.54) is 0 Å². The number of aliphatic hydroxyl groups excluding tert-OH is 1. The monoisotopic (exact) mass is 234 g/mol. The van der Waals surface area contributed by atoms with Crippen molar-refractivity contribution in [1.29, 1.82) is 0 Å². The molecule has 1 heterocycles. The molecule has 1 aliphatic heterocycles. The highest BCUT2D eigenvalue weighted by molar-refractivity contribution is 5.96. The summed E-state index contributed by atoms with van der Waals surface area (Å²) < 4.78 is 0. The molecule has 0 bridgehead atoms. The zero-order valence-electron chi connectivity index (χ0n) is 10.0. The summed E-state index contributed by atoms with van der Waals surface area (Å²) in [5.74, 6) is -0.0219. The van der Waals surface area contributed by atoms with Crippen LogP contribution in [0.3, 0.4) is 0 Å². The van der Waals surface area contributed by atoms with Gasteiger partial charge in [0, 0.05) is 17.8 Å². The number of nitrogens with two attached hydrogens (primary N) is 1. The number of aliphatic hydroxyl groups is 1. The van der Waals surface area contributed by atoms with Gasteiger partial charge in [0.2, 0.25) is 0 Å². The Kier molecular flexibility index (Phi) is 3.33. The molecule has 3 N–H and O–H groups in total. The summed E-state index contributed by atoms with van der Waals surface area (Å²) >= 11 is 0. The van der Waals surface area contributed by atoms with Crippen LogP contribution in [0.4, 0.5) is 5.69 Å². The molecule has 92 valence electrons. The minimum Gasteiger partial charge on any atom is -0.399 e. The van der Waals surface area contributed by atoms with Gasteiger partial charge in [-0.05, 0) is 37.5 Å². The first-order chi connectivity index (χ1) is 8.13. The van der Waals surface area contributed by atoms with E-state index in [9.17, 15) is 9.90 Å². The van der Waals surface area contributed by atoms with Crippen molar-refractivity contribution < 1.29 is 9.90 Å². The Hall–Kier alpha value is -1.55. The lowest BCUT2D eigenvalue weighted by molar-refractivity contribution is 0.0677. The van der Waals surface area contributed by atoms with E-state index < -0.39 is 0 Å². The van der Waals surface area contributed by atoms with Gasteiger partial charge in [-0.15, -0.1) is 0 Å². The highest BCUT2D eigenvalue weighted by atomic mass is 16.3. The zero-order chi connectivity index (χ0) is 12.4. The second kappa shape index (κ2) is 4.75. The summed E-state index contributed by atoms with van der Waals surface area (Å²) in [6, 6.07) is 5.32. The zero-order valence-corrected chi connectivity index (χ0v) is 10.0. The molecule has 4 heteroatoms. The Bertz CT molecular complexity index is 431. The molecule has 1 aliphatic rings. The predicted octanol–water partition coefficient (Wildman–Crippen LogP) is 1.17. The predicted molar refractivity (Wildman–Crippen MR) is 66.7 cm³/mol. The maximum Gasteiger partial charge on any atom is 0.254 e. The third-order valence-corrected chi connectivity index (χ3v) is 3.34. The lowest BCUT2D eigenvalue weighted by atomic mass is 10.1. The molecule has 0 unspecified atom stereocenters. The van der Waals surface area contributed by atoms with E-state index in [-0.39, 0.29) is 18.6 Å². The number of hydrogen-bond donors (Lipinski definition) is 2. The number of amides is 1. The van der Waals surface area contributed by atoms with Gasteiger partial charge < -0.3 is 15.7 Å². The molecule has 1 fully saturated rings. The number of rotatable bonds is 2. The summed E-state index contributed by atoms with van der Waals surface area (Å²) in [5, 5.41) is 9.24. The number of carbonyl (C=O) groups is 1. The molecule has 0 aliphatic carbocycles. The first-order valence-corrected chi connectivity index (χ1v) is 5.91. The van der Waals surface area contributed by atoms with Crippen LogP contribution >= 0.6 is 0 Å². The molecule has 0 aromatic heterocycles. The highest BCUT2D eigenvalue weighted by Gasteiger charge is 2.29. The lowest BCUT2D eigenvalue weighted by Gasteiger charge is -2.24. The van der Waals surface area contributed by atoms with Gasteiger partial charge in [0.1, 0.15) is 0 Å². The first kappa shape index (κ1) is 11.9.